The van der Waals surface area contributed by atoms with Crippen LogP contribution in [-0.2, 0) is 16.0 Å². The van der Waals surface area contributed by atoms with Crippen molar-refractivity contribution in [2.45, 2.75) is 44.7 Å². The van der Waals surface area contributed by atoms with Gasteiger partial charge in [-0.05, 0) is 54.0 Å². The number of hydrogen-bond donors (Lipinski definition) is 1. The highest BCUT2D eigenvalue weighted by Crippen LogP contribution is 2.43. The van der Waals surface area contributed by atoms with Gasteiger partial charge in [-0.25, -0.2) is 0 Å². The summed E-state index contributed by atoms with van der Waals surface area (Å²) in [7, 11) is 0. The average Bonchev–Trinajstić information content (AvgIpc) is 3.62. The van der Waals surface area contributed by atoms with Crippen LogP contribution in [0, 0.1) is 5.92 Å². The topological polar surface area (TPSA) is 67.9 Å². The van der Waals surface area contributed by atoms with Crippen LogP contribution in [0.5, 0.6) is 11.5 Å². The Bertz CT molecular complexity index is 1000. The van der Waals surface area contributed by atoms with Crippen molar-refractivity contribution < 1.29 is 19.1 Å². The summed E-state index contributed by atoms with van der Waals surface area (Å²) in [6, 6.07) is 13.8. The van der Waals surface area contributed by atoms with Gasteiger partial charge in [-0.2, -0.15) is 0 Å². The van der Waals surface area contributed by atoms with E-state index < -0.39 is 0 Å². The average molecular weight is 421 g/mol. The summed E-state index contributed by atoms with van der Waals surface area (Å²) in [6.07, 6.45) is 3.30. The normalized spacial score (nSPS) is 20.5. The fourth-order valence-electron chi connectivity index (χ4n) is 4.81. The number of carbonyl (C=O) groups is 2. The second kappa shape index (κ2) is 8.25. The summed E-state index contributed by atoms with van der Waals surface area (Å²) >= 11 is 0. The highest BCUT2D eigenvalue weighted by atomic mass is 16.6. The van der Waals surface area contributed by atoms with E-state index in [-0.39, 0.29) is 30.3 Å². The van der Waals surface area contributed by atoms with Gasteiger partial charge in [0, 0.05) is 13.5 Å². The Morgan fingerprint density at radius 3 is 2.65 bits per heavy atom. The lowest BCUT2D eigenvalue weighted by Gasteiger charge is -2.37. The Hall–Kier alpha value is -3.02. The van der Waals surface area contributed by atoms with E-state index in [2.05, 4.69) is 11.4 Å². The van der Waals surface area contributed by atoms with E-state index in [0.717, 1.165) is 41.9 Å². The van der Waals surface area contributed by atoms with Crippen LogP contribution in [0.1, 0.15) is 55.0 Å². The zero-order valence-corrected chi connectivity index (χ0v) is 17.8. The van der Waals surface area contributed by atoms with Crippen LogP contribution in [0.4, 0.5) is 0 Å². The lowest BCUT2D eigenvalue weighted by molar-refractivity contribution is -0.133. The van der Waals surface area contributed by atoms with Gasteiger partial charge < -0.3 is 19.7 Å². The van der Waals surface area contributed by atoms with Gasteiger partial charge in [0.25, 0.3) is 0 Å². The smallest absolute Gasteiger partial charge is 0.222 e. The molecule has 3 aliphatic rings. The van der Waals surface area contributed by atoms with Gasteiger partial charge in [-0.15, -0.1) is 0 Å². The number of rotatable bonds is 5. The molecule has 1 fully saturated rings. The van der Waals surface area contributed by atoms with E-state index >= 15 is 0 Å². The summed E-state index contributed by atoms with van der Waals surface area (Å²) in [6.45, 7) is 3.34. The minimum absolute atomic E-state index is 0.0119. The maximum atomic E-state index is 13.2. The van der Waals surface area contributed by atoms with Gasteiger partial charge in [-0.1, -0.05) is 30.3 Å². The van der Waals surface area contributed by atoms with Gasteiger partial charge in [0.1, 0.15) is 13.2 Å². The van der Waals surface area contributed by atoms with Crippen molar-refractivity contribution in [2.75, 3.05) is 19.8 Å². The standard InChI is InChI=1S/C25H28N2O4/c1-16(28)27-11-10-17-4-2-3-5-20(17)21(27)15-24(29)26-25(18-6-7-18)19-8-9-22-23(14-19)31-13-12-30-22/h2-5,8-9,14,18,21,25H,6-7,10-13,15H2,1H3,(H,26,29). The summed E-state index contributed by atoms with van der Waals surface area (Å²) in [4.78, 5) is 27.3. The molecule has 5 rings (SSSR count). The molecule has 2 aromatic rings. The fourth-order valence-corrected chi connectivity index (χ4v) is 4.81. The zero-order chi connectivity index (χ0) is 21.4. The van der Waals surface area contributed by atoms with E-state index in [1.165, 1.54) is 5.56 Å². The first kappa shape index (κ1) is 19.9. The molecule has 2 aliphatic heterocycles. The first-order valence-corrected chi connectivity index (χ1v) is 11.1. The van der Waals surface area contributed by atoms with Gasteiger partial charge in [0.05, 0.1) is 18.5 Å². The molecule has 2 heterocycles. The van der Waals surface area contributed by atoms with Crippen molar-refractivity contribution in [1.29, 1.82) is 0 Å². The molecule has 2 aromatic carbocycles. The van der Waals surface area contributed by atoms with Crippen molar-refractivity contribution >= 4 is 11.8 Å². The van der Waals surface area contributed by atoms with E-state index in [4.69, 9.17) is 9.47 Å². The molecule has 2 amide bonds. The molecular formula is C25H28N2O4. The van der Waals surface area contributed by atoms with Crippen LogP contribution in [0.3, 0.4) is 0 Å². The van der Waals surface area contributed by atoms with Crippen molar-refractivity contribution in [3.05, 3.63) is 59.2 Å². The van der Waals surface area contributed by atoms with Crippen molar-refractivity contribution in [1.82, 2.24) is 10.2 Å². The number of benzene rings is 2. The number of carbonyl (C=O) groups excluding carboxylic acids is 2. The first-order chi connectivity index (χ1) is 15.1. The minimum Gasteiger partial charge on any atom is -0.486 e. The predicted molar refractivity (Wildman–Crippen MR) is 116 cm³/mol. The van der Waals surface area contributed by atoms with E-state index in [0.29, 0.717) is 25.7 Å². The molecule has 0 saturated heterocycles. The minimum atomic E-state index is -0.220. The van der Waals surface area contributed by atoms with Crippen LogP contribution >= 0.6 is 0 Å². The second-order valence-corrected chi connectivity index (χ2v) is 8.67. The van der Waals surface area contributed by atoms with Gasteiger partial charge in [0.2, 0.25) is 11.8 Å². The zero-order valence-electron chi connectivity index (χ0n) is 17.8. The quantitative estimate of drug-likeness (QED) is 0.803. The Balaban J connectivity index is 1.35. The molecule has 162 valence electrons. The summed E-state index contributed by atoms with van der Waals surface area (Å²) < 4.78 is 11.4. The Morgan fingerprint density at radius 1 is 1.10 bits per heavy atom. The molecule has 1 aliphatic carbocycles. The van der Waals surface area contributed by atoms with Gasteiger partial charge in [-0.3, -0.25) is 9.59 Å². The molecule has 6 heteroatoms. The molecular weight excluding hydrogens is 392 g/mol. The molecule has 31 heavy (non-hydrogen) atoms. The summed E-state index contributed by atoms with van der Waals surface area (Å²) in [5.74, 6) is 1.92. The van der Waals surface area contributed by atoms with Gasteiger partial charge in [0.15, 0.2) is 11.5 Å². The van der Waals surface area contributed by atoms with Gasteiger partial charge >= 0.3 is 0 Å². The molecule has 1 saturated carbocycles. The Labute approximate surface area is 182 Å². The molecule has 2 atom stereocenters. The van der Waals surface area contributed by atoms with Crippen LogP contribution in [-0.4, -0.2) is 36.5 Å². The second-order valence-electron chi connectivity index (χ2n) is 8.67. The maximum absolute atomic E-state index is 13.2. The Morgan fingerprint density at radius 2 is 1.87 bits per heavy atom. The first-order valence-electron chi connectivity index (χ1n) is 11.1. The van der Waals surface area contributed by atoms with Crippen LogP contribution in [0.2, 0.25) is 0 Å². The number of hydrogen-bond acceptors (Lipinski definition) is 4. The molecule has 0 bridgehead atoms. The van der Waals surface area contributed by atoms with Crippen LogP contribution in [0.15, 0.2) is 42.5 Å². The number of nitrogens with one attached hydrogen (secondary N) is 1. The molecule has 0 spiro atoms. The maximum Gasteiger partial charge on any atom is 0.222 e. The third kappa shape index (κ3) is 4.11. The third-order valence-corrected chi connectivity index (χ3v) is 6.53. The number of amides is 2. The van der Waals surface area contributed by atoms with E-state index in [1.807, 2.05) is 41.3 Å². The third-order valence-electron chi connectivity index (χ3n) is 6.53. The van der Waals surface area contributed by atoms with Crippen molar-refractivity contribution in [3.63, 3.8) is 0 Å². The number of nitrogens with zero attached hydrogens (tertiary/aromatic N) is 1. The fraction of sp³-hybridized carbons (Fsp3) is 0.440. The van der Waals surface area contributed by atoms with Crippen molar-refractivity contribution in [3.8, 4) is 11.5 Å². The van der Waals surface area contributed by atoms with Crippen molar-refractivity contribution in [2.24, 2.45) is 5.92 Å². The Kier molecular flexibility index (Phi) is 5.30. The van der Waals surface area contributed by atoms with E-state index in [9.17, 15) is 9.59 Å². The summed E-state index contributed by atoms with van der Waals surface area (Å²) in [5, 5.41) is 3.27. The predicted octanol–water partition coefficient (Wildman–Crippen LogP) is 3.56. The SMILES string of the molecule is CC(=O)N1CCc2ccccc2C1CC(=O)NC(c1ccc2c(c1)OCCO2)C1CC1. The highest BCUT2D eigenvalue weighted by molar-refractivity contribution is 5.80. The lowest BCUT2D eigenvalue weighted by Crippen LogP contribution is -2.41. The molecule has 6 nitrogen and oxygen atoms in total. The largest absolute Gasteiger partial charge is 0.486 e. The van der Waals surface area contributed by atoms with Crippen LogP contribution in [0.25, 0.3) is 0 Å². The van der Waals surface area contributed by atoms with E-state index in [1.54, 1.807) is 6.92 Å². The monoisotopic (exact) mass is 420 g/mol. The number of fused-ring (bicyclic) bond motifs is 2. The molecule has 0 radical (unpaired) electrons. The lowest BCUT2D eigenvalue weighted by atomic mass is 9.90. The van der Waals surface area contributed by atoms with Crippen LogP contribution < -0.4 is 14.8 Å². The highest BCUT2D eigenvalue weighted by Gasteiger charge is 2.36. The molecule has 1 N–H and O–H groups in total. The number of ether oxygens (including phenoxy) is 2. The summed E-state index contributed by atoms with van der Waals surface area (Å²) in [5.41, 5.74) is 3.36. The molecule has 0 aromatic heterocycles. The molecule has 2 unspecified atom stereocenters.